The predicted octanol–water partition coefficient (Wildman–Crippen LogP) is 8.99. The molecule has 11 nitrogen and oxygen atoms in total. The molecule has 0 heterocycles. The van der Waals surface area contributed by atoms with Crippen molar-refractivity contribution in [2.45, 2.75) is 167 Å². The van der Waals surface area contributed by atoms with Crippen LogP contribution >= 0.6 is 7.82 Å². The van der Waals surface area contributed by atoms with Gasteiger partial charge in [-0.2, -0.15) is 0 Å². The van der Waals surface area contributed by atoms with Crippen LogP contribution in [-0.4, -0.2) is 76.9 Å². The van der Waals surface area contributed by atoms with Crippen molar-refractivity contribution in [3.63, 3.8) is 0 Å². The second-order valence-corrected chi connectivity index (χ2v) is 15.3. The number of aliphatic hydroxyl groups excluding tert-OH is 3. The van der Waals surface area contributed by atoms with Crippen molar-refractivity contribution in [3.05, 3.63) is 48.6 Å². The van der Waals surface area contributed by atoms with Gasteiger partial charge in [-0.1, -0.05) is 120 Å². The van der Waals surface area contributed by atoms with Crippen LogP contribution in [0.5, 0.6) is 0 Å². The van der Waals surface area contributed by atoms with Gasteiger partial charge in [-0.3, -0.25) is 18.6 Å². The third-order valence-electron chi connectivity index (χ3n) is 8.55. The topological polar surface area (TPSA) is 169 Å². The second kappa shape index (κ2) is 35.6. The maximum Gasteiger partial charge on any atom is 0.472 e. The predicted molar refractivity (Wildman–Crippen MR) is 211 cm³/mol. The lowest BCUT2D eigenvalue weighted by molar-refractivity contribution is -0.161. The quantitative estimate of drug-likeness (QED) is 0.0208. The van der Waals surface area contributed by atoms with Gasteiger partial charge >= 0.3 is 19.8 Å². The summed E-state index contributed by atoms with van der Waals surface area (Å²) in [5.41, 5.74) is 0. The Labute approximate surface area is 320 Å². The fourth-order valence-electron chi connectivity index (χ4n) is 5.04. The highest BCUT2D eigenvalue weighted by molar-refractivity contribution is 7.47. The molecule has 0 amide bonds. The van der Waals surface area contributed by atoms with Crippen LogP contribution in [-0.2, 0) is 32.7 Å². The summed E-state index contributed by atoms with van der Waals surface area (Å²) in [5.74, 6) is -0.212. The van der Waals surface area contributed by atoms with Crippen LogP contribution in [0.3, 0.4) is 0 Å². The maximum absolute atomic E-state index is 12.6. The van der Waals surface area contributed by atoms with Crippen molar-refractivity contribution in [2.75, 3.05) is 26.4 Å². The minimum atomic E-state index is -4.63. The molecule has 0 aliphatic rings. The molecule has 0 spiro atoms. The average molecular weight is 773 g/mol. The third kappa shape index (κ3) is 36.6. The van der Waals surface area contributed by atoms with Crippen LogP contribution in [0.15, 0.2) is 48.6 Å². The highest BCUT2D eigenvalue weighted by Crippen LogP contribution is 2.43. The summed E-state index contributed by atoms with van der Waals surface area (Å²) in [6, 6.07) is 0. The molecule has 0 saturated carbocycles. The van der Waals surface area contributed by atoms with Gasteiger partial charge in [0.15, 0.2) is 6.10 Å². The molecule has 0 rings (SSSR count). The SMILES string of the molecule is CCC(C)CCCCCCCCCCC(=O)O[C@H](COC(=O)CCC/C=C\C/C=C\C/C=C\C/C=C\CCC[C@@H](C)O)COP(=O)(O)OC[C@@H](O)CO. The lowest BCUT2D eigenvalue weighted by atomic mass is 9.99. The molecular weight excluding hydrogens is 699 g/mol. The molecule has 5 atom stereocenters. The summed E-state index contributed by atoms with van der Waals surface area (Å²) in [7, 11) is -4.63. The van der Waals surface area contributed by atoms with E-state index in [2.05, 4.69) is 54.8 Å². The van der Waals surface area contributed by atoms with Gasteiger partial charge in [0.25, 0.3) is 0 Å². The first-order valence-electron chi connectivity index (χ1n) is 20.0. The lowest BCUT2D eigenvalue weighted by Gasteiger charge is -2.20. The summed E-state index contributed by atoms with van der Waals surface area (Å²) in [6.45, 7) is 4.14. The summed E-state index contributed by atoms with van der Waals surface area (Å²) in [5, 5.41) is 27.5. The molecule has 0 saturated heterocycles. The molecule has 308 valence electrons. The number of phosphoric ester groups is 1. The number of allylic oxidation sites excluding steroid dienone is 8. The first-order chi connectivity index (χ1) is 25.5. The molecule has 12 heteroatoms. The lowest BCUT2D eigenvalue weighted by Crippen LogP contribution is -2.29. The molecule has 4 N–H and O–H groups in total. The molecular formula is C41H73O11P. The Hall–Kier alpha value is -2.11. The van der Waals surface area contributed by atoms with E-state index in [-0.39, 0.29) is 25.6 Å². The molecule has 0 aromatic heterocycles. The van der Waals surface area contributed by atoms with Crippen molar-refractivity contribution in [1.29, 1.82) is 0 Å². The number of rotatable bonds is 36. The zero-order valence-electron chi connectivity index (χ0n) is 33.0. The molecule has 0 fully saturated rings. The molecule has 2 unspecified atom stereocenters. The van der Waals surface area contributed by atoms with Gasteiger partial charge in [0.05, 0.1) is 25.9 Å². The summed E-state index contributed by atoms with van der Waals surface area (Å²) in [6.07, 6.45) is 32.3. The Bertz CT molecular complexity index is 1060. The second-order valence-electron chi connectivity index (χ2n) is 13.8. The van der Waals surface area contributed by atoms with Crippen molar-refractivity contribution in [2.24, 2.45) is 5.92 Å². The molecule has 0 aliphatic heterocycles. The maximum atomic E-state index is 12.6. The van der Waals surface area contributed by atoms with Gasteiger partial charge in [-0.25, -0.2) is 4.57 Å². The normalized spacial score (nSPS) is 15.7. The average Bonchev–Trinajstić information content (AvgIpc) is 3.13. The van der Waals surface area contributed by atoms with E-state index in [4.69, 9.17) is 19.1 Å². The number of ether oxygens (including phenoxy) is 2. The number of esters is 2. The fraction of sp³-hybridized carbons (Fsp3) is 0.756. The first-order valence-corrected chi connectivity index (χ1v) is 21.5. The van der Waals surface area contributed by atoms with Gasteiger partial charge in [-0.15, -0.1) is 0 Å². The third-order valence-corrected chi connectivity index (χ3v) is 9.50. The molecule has 0 aromatic carbocycles. The smallest absolute Gasteiger partial charge is 0.462 e. The molecule has 53 heavy (non-hydrogen) atoms. The van der Waals surface area contributed by atoms with Gasteiger partial charge in [0.2, 0.25) is 0 Å². The number of hydrogen-bond donors (Lipinski definition) is 4. The van der Waals surface area contributed by atoms with E-state index < -0.39 is 51.8 Å². The van der Waals surface area contributed by atoms with Gasteiger partial charge in [-0.05, 0) is 70.6 Å². The minimum absolute atomic E-state index is 0.153. The van der Waals surface area contributed by atoms with Crippen LogP contribution < -0.4 is 0 Å². The zero-order valence-corrected chi connectivity index (χ0v) is 33.9. The van der Waals surface area contributed by atoms with E-state index >= 15 is 0 Å². The van der Waals surface area contributed by atoms with E-state index in [9.17, 15) is 29.3 Å². The van der Waals surface area contributed by atoms with Crippen molar-refractivity contribution >= 4 is 19.8 Å². The molecule has 0 bridgehead atoms. The summed E-state index contributed by atoms with van der Waals surface area (Å²) in [4.78, 5) is 34.8. The van der Waals surface area contributed by atoms with Crippen molar-refractivity contribution < 1.29 is 52.9 Å². The van der Waals surface area contributed by atoms with E-state index in [1.807, 2.05) is 19.1 Å². The highest BCUT2D eigenvalue weighted by atomic mass is 31.2. The Morgan fingerprint density at radius 3 is 1.72 bits per heavy atom. The number of phosphoric acid groups is 1. The Kier molecular flexibility index (Phi) is 34.2. The van der Waals surface area contributed by atoms with Crippen LogP contribution in [0, 0.1) is 5.92 Å². The van der Waals surface area contributed by atoms with Crippen molar-refractivity contribution in [1.82, 2.24) is 0 Å². The number of aliphatic hydroxyl groups is 3. The van der Waals surface area contributed by atoms with E-state index in [0.29, 0.717) is 19.3 Å². The van der Waals surface area contributed by atoms with Gasteiger partial charge < -0.3 is 29.7 Å². The first kappa shape index (κ1) is 50.9. The fourth-order valence-corrected chi connectivity index (χ4v) is 5.83. The van der Waals surface area contributed by atoms with E-state index in [0.717, 1.165) is 63.7 Å². The Balaban J connectivity index is 4.44. The number of unbranched alkanes of at least 4 members (excludes halogenated alkanes) is 9. The zero-order chi connectivity index (χ0) is 39.4. The highest BCUT2D eigenvalue weighted by Gasteiger charge is 2.27. The molecule has 0 aromatic rings. The number of hydrogen-bond acceptors (Lipinski definition) is 10. The monoisotopic (exact) mass is 772 g/mol. The van der Waals surface area contributed by atoms with Gasteiger partial charge in [0.1, 0.15) is 12.7 Å². The van der Waals surface area contributed by atoms with E-state index in [1.165, 1.54) is 38.5 Å². The van der Waals surface area contributed by atoms with Crippen LogP contribution in [0.1, 0.15) is 149 Å². The van der Waals surface area contributed by atoms with E-state index in [1.54, 1.807) is 0 Å². The van der Waals surface area contributed by atoms with Crippen LogP contribution in [0.4, 0.5) is 0 Å². The number of carbonyl (C=O) groups excluding carboxylic acids is 2. The van der Waals surface area contributed by atoms with Crippen molar-refractivity contribution in [3.8, 4) is 0 Å². The Morgan fingerprint density at radius 2 is 1.15 bits per heavy atom. The molecule has 0 aliphatic carbocycles. The number of carbonyl (C=O) groups is 2. The van der Waals surface area contributed by atoms with Gasteiger partial charge in [0, 0.05) is 12.8 Å². The summed E-state index contributed by atoms with van der Waals surface area (Å²) < 4.78 is 32.5. The summed E-state index contributed by atoms with van der Waals surface area (Å²) >= 11 is 0. The Morgan fingerprint density at radius 1 is 0.642 bits per heavy atom. The van der Waals surface area contributed by atoms with Crippen LogP contribution in [0.2, 0.25) is 0 Å². The standard InChI is InChI=1S/C41H73O11P/c1-4-36(2)28-24-20-16-14-15-19-23-27-31-41(46)52-39(35-51-53(47,48)50-33-38(44)32-42)34-49-40(45)30-26-22-18-13-11-9-7-5-6-8-10-12-17-21-25-29-37(3)43/h6-9,12-13,17-18,36-39,42-44H,4-5,10-11,14-16,19-35H2,1-3H3,(H,47,48)/b8-6-,9-7-,17-12-,18-13-/t36?,37-,38+,39-/m1/s1. The van der Waals surface area contributed by atoms with Crippen LogP contribution in [0.25, 0.3) is 0 Å². The minimum Gasteiger partial charge on any atom is -0.462 e. The molecule has 0 radical (unpaired) electrons. The largest absolute Gasteiger partial charge is 0.472 e.